The number of halogens is 1. The van der Waals surface area contributed by atoms with E-state index in [1.54, 1.807) is 11.1 Å². The minimum absolute atomic E-state index is 0.0736. The van der Waals surface area contributed by atoms with E-state index in [9.17, 15) is 4.79 Å². The van der Waals surface area contributed by atoms with Gasteiger partial charge in [0.25, 0.3) is 0 Å². The maximum absolute atomic E-state index is 12.0. The lowest BCUT2D eigenvalue weighted by Crippen LogP contribution is -2.58. The Hall–Kier alpha value is -2.80. The second kappa shape index (κ2) is 6.98. The first-order valence-electron chi connectivity index (χ1n) is 9.13. The smallest absolute Gasteiger partial charge is 0.410 e. The Morgan fingerprint density at radius 2 is 2.07 bits per heavy atom. The maximum atomic E-state index is 12.0. The van der Waals surface area contributed by atoms with Crippen molar-refractivity contribution >= 4 is 34.5 Å². The van der Waals surface area contributed by atoms with Crippen LogP contribution in [0.3, 0.4) is 0 Å². The van der Waals surface area contributed by atoms with Crippen LogP contribution in [-0.2, 0) is 4.74 Å². The summed E-state index contributed by atoms with van der Waals surface area (Å²) in [6.07, 6.45) is 3.19. The van der Waals surface area contributed by atoms with Gasteiger partial charge in [0.1, 0.15) is 5.60 Å². The van der Waals surface area contributed by atoms with Crippen molar-refractivity contribution in [2.24, 2.45) is 0 Å². The summed E-state index contributed by atoms with van der Waals surface area (Å²) in [6, 6.07) is 8.06. The molecule has 1 saturated heterocycles. The first-order valence-corrected chi connectivity index (χ1v) is 9.51. The van der Waals surface area contributed by atoms with Crippen LogP contribution >= 0.6 is 11.6 Å². The van der Waals surface area contributed by atoms with Crippen molar-refractivity contribution in [3.8, 4) is 11.3 Å². The number of hydrogen-bond donors (Lipinski definition) is 2. The van der Waals surface area contributed by atoms with Crippen molar-refractivity contribution in [3.05, 3.63) is 41.7 Å². The number of aromatic amines is 1. The van der Waals surface area contributed by atoms with Gasteiger partial charge in [-0.1, -0.05) is 29.8 Å². The minimum Gasteiger partial charge on any atom is -0.444 e. The number of benzene rings is 1. The number of carbonyl (C=O) groups excluding carboxylic acids is 1. The summed E-state index contributed by atoms with van der Waals surface area (Å²) >= 11 is 6.36. The fourth-order valence-electron chi connectivity index (χ4n) is 3.12. The third kappa shape index (κ3) is 3.75. The van der Waals surface area contributed by atoms with E-state index in [4.69, 9.17) is 16.3 Å². The zero-order valence-corrected chi connectivity index (χ0v) is 16.7. The second-order valence-corrected chi connectivity index (χ2v) is 8.27. The second-order valence-electron chi connectivity index (χ2n) is 7.86. The molecule has 1 aliphatic heterocycles. The molecule has 0 spiro atoms. The molecule has 1 fully saturated rings. The van der Waals surface area contributed by atoms with Gasteiger partial charge in [-0.25, -0.2) is 14.8 Å². The predicted molar refractivity (Wildman–Crippen MR) is 110 cm³/mol. The first kappa shape index (κ1) is 18.6. The zero-order chi connectivity index (χ0) is 19.9. The van der Waals surface area contributed by atoms with E-state index >= 15 is 0 Å². The van der Waals surface area contributed by atoms with Gasteiger partial charge in [-0.2, -0.15) is 0 Å². The lowest BCUT2D eigenvalue weighted by Gasteiger charge is -2.39. The van der Waals surface area contributed by atoms with Crippen molar-refractivity contribution in [1.82, 2.24) is 19.9 Å². The van der Waals surface area contributed by atoms with Gasteiger partial charge in [-0.15, -0.1) is 0 Å². The van der Waals surface area contributed by atoms with Crippen LogP contribution in [-0.4, -0.2) is 50.7 Å². The number of fused-ring (bicyclic) bond motifs is 1. The van der Waals surface area contributed by atoms with Crippen LogP contribution in [0.5, 0.6) is 0 Å². The summed E-state index contributed by atoms with van der Waals surface area (Å²) in [5.41, 5.74) is 2.12. The molecule has 1 aliphatic rings. The van der Waals surface area contributed by atoms with E-state index in [0.717, 1.165) is 16.5 Å². The van der Waals surface area contributed by atoms with Gasteiger partial charge >= 0.3 is 6.09 Å². The van der Waals surface area contributed by atoms with Gasteiger partial charge in [0.15, 0.2) is 0 Å². The Morgan fingerprint density at radius 1 is 1.32 bits per heavy atom. The quantitative estimate of drug-likeness (QED) is 0.685. The summed E-state index contributed by atoms with van der Waals surface area (Å²) in [5.74, 6) is 0.485. The van der Waals surface area contributed by atoms with E-state index in [0.29, 0.717) is 29.8 Å². The Labute approximate surface area is 168 Å². The molecule has 0 saturated carbocycles. The monoisotopic (exact) mass is 399 g/mol. The Kier molecular flexibility index (Phi) is 4.63. The van der Waals surface area contributed by atoms with Gasteiger partial charge in [0.05, 0.1) is 23.0 Å². The highest BCUT2D eigenvalue weighted by Gasteiger charge is 2.34. The zero-order valence-electron chi connectivity index (χ0n) is 16.0. The van der Waals surface area contributed by atoms with E-state index in [-0.39, 0.29) is 12.1 Å². The van der Waals surface area contributed by atoms with Crippen LogP contribution in [0.25, 0.3) is 22.2 Å². The number of amides is 1. The number of hydrogen-bond acceptors (Lipinski definition) is 5. The average Bonchev–Trinajstić information content (AvgIpc) is 3.01. The molecule has 8 heteroatoms. The SMILES string of the molecule is CC(C)(C)OC(=O)N1CC(Nc2ncc(Cl)c(-c3c[nH]c4ccccc34)n2)C1. The highest BCUT2D eigenvalue weighted by molar-refractivity contribution is 6.33. The summed E-state index contributed by atoms with van der Waals surface area (Å²) < 4.78 is 5.37. The third-order valence-electron chi connectivity index (χ3n) is 4.45. The molecule has 3 heterocycles. The van der Waals surface area contributed by atoms with Gasteiger partial charge in [0, 0.05) is 35.8 Å². The Bertz CT molecular complexity index is 1020. The standard InChI is InChI=1S/C20H22ClN5O2/c1-20(2,3)28-19(27)26-10-12(11-26)24-18-23-9-15(21)17(25-18)14-8-22-16-7-5-4-6-13(14)16/h4-9,12,22H,10-11H2,1-3H3,(H,23,24,25). The first-order chi connectivity index (χ1) is 13.3. The molecule has 3 aromatic rings. The highest BCUT2D eigenvalue weighted by atomic mass is 35.5. The largest absolute Gasteiger partial charge is 0.444 e. The molecule has 1 amide bonds. The van der Waals surface area contributed by atoms with Crippen molar-refractivity contribution in [1.29, 1.82) is 0 Å². The summed E-state index contributed by atoms with van der Waals surface area (Å²) in [7, 11) is 0. The van der Waals surface area contributed by atoms with Crippen LogP contribution < -0.4 is 5.32 Å². The fourth-order valence-corrected chi connectivity index (χ4v) is 3.31. The van der Waals surface area contributed by atoms with E-state index in [2.05, 4.69) is 20.3 Å². The molecule has 0 unspecified atom stereocenters. The van der Waals surface area contributed by atoms with E-state index in [1.807, 2.05) is 51.2 Å². The fraction of sp³-hybridized carbons (Fsp3) is 0.350. The molecule has 4 rings (SSSR count). The molecule has 2 aromatic heterocycles. The molecule has 0 aliphatic carbocycles. The molecular weight excluding hydrogens is 378 g/mol. The highest BCUT2D eigenvalue weighted by Crippen LogP contribution is 2.32. The lowest BCUT2D eigenvalue weighted by atomic mass is 10.1. The number of ether oxygens (including phenoxy) is 1. The predicted octanol–water partition coefficient (Wildman–Crippen LogP) is 4.31. The molecular formula is C20H22ClN5O2. The van der Waals surface area contributed by atoms with Crippen LogP contribution in [0.1, 0.15) is 20.8 Å². The van der Waals surface area contributed by atoms with Crippen molar-refractivity contribution in [2.45, 2.75) is 32.4 Å². The third-order valence-corrected chi connectivity index (χ3v) is 4.73. The van der Waals surface area contributed by atoms with E-state index < -0.39 is 5.60 Å². The normalized spacial score (nSPS) is 14.8. The molecule has 7 nitrogen and oxygen atoms in total. The molecule has 0 radical (unpaired) electrons. The van der Waals surface area contributed by atoms with Gasteiger partial charge in [-0.3, -0.25) is 0 Å². The number of carbonyl (C=O) groups is 1. The summed E-state index contributed by atoms with van der Waals surface area (Å²) in [4.78, 5) is 25.8. The molecule has 1 aromatic carbocycles. The number of aromatic nitrogens is 3. The number of anilines is 1. The van der Waals surface area contributed by atoms with Crippen LogP contribution in [0, 0.1) is 0 Å². The minimum atomic E-state index is -0.497. The molecule has 0 bridgehead atoms. The molecule has 2 N–H and O–H groups in total. The van der Waals surface area contributed by atoms with Crippen molar-refractivity contribution < 1.29 is 9.53 Å². The van der Waals surface area contributed by atoms with Gasteiger partial charge in [-0.05, 0) is 26.8 Å². The van der Waals surface area contributed by atoms with E-state index in [1.165, 1.54) is 0 Å². The van der Waals surface area contributed by atoms with Gasteiger partial charge < -0.3 is 19.9 Å². The van der Waals surface area contributed by atoms with Crippen LogP contribution in [0.15, 0.2) is 36.7 Å². The van der Waals surface area contributed by atoms with Crippen molar-refractivity contribution in [2.75, 3.05) is 18.4 Å². The number of nitrogens with zero attached hydrogens (tertiary/aromatic N) is 3. The number of rotatable bonds is 3. The number of H-pyrrole nitrogens is 1. The summed E-state index contributed by atoms with van der Waals surface area (Å²) in [6.45, 7) is 6.66. The number of nitrogens with one attached hydrogen (secondary N) is 2. The molecule has 146 valence electrons. The van der Waals surface area contributed by atoms with Gasteiger partial charge in [0.2, 0.25) is 5.95 Å². The van der Waals surface area contributed by atoms with Crippen molar-refractivity contribution in [3.63, 3.8) is 0 Å². The maximum Gasteiger partial charge on any atom is 0.410 e. The topological polar surface area (TPSA) is 83.1 Å². The number of likely N-dealkylation sites (tertiary alicyclic amines) is 1. The lowest BCUT2D eigenvalue weighted by molar-refractivity contribution is 0.0104. The van der Waals surface area contributed by atoms with Crippen LogP contribution in [0.4, 0.5) is 10.7 Å². The molecule has 0 atom stereocenters. The van der Waals surface area contributed by atoms with Crippen LogP contribution in [0.2, 0.25) is 5.02 Å². The average molecular weight is 400 g/mol. The Morgan fingerprint density at radius 3 is 2.82 bits per heavy atom. The Balaban J connectivity index is 1.46. The molecule has 28 heavy (non-hydrogen) atoms. The summed E-state index contributed by atoms with van der Waals surface area (Å²) in [5, 5.41) is 4.80. The number of para-hydroxylation sites is 1.